The molecule has 0 radical (unpaired) electrons. The summed E-state index contributed by atoms with van der Waals surface area (Å²) < 4.78 is 16.4. The standard InChI is InChI=1S/C23H25N3O6/c1-12-5-6-15(28)14(9-12)19-18-20(25-24-19)23(29)26(7-8-27)21(18)13-10-16(30-2)22(32-4)17(11-13)31-3/h5-6,9-11,21,27-28H,7-8H2,1-4H3,(H,24,25). The molecule has 0 aliphatic carbocycles. The van der Waals surface area contributed by atoms with Crippen LogP contribution in [0.5, 0.6) is 23.0 Å². The van der Waals surface area contributed by atoms with Crippen LogP contribution in [0, 0.1) is 6.92 Å². The van der Waals surface area contributed by atoms with E-state index in [4.69, 9.17) is 14.2 Å². The van der Waals surface area contributed by atoms with Crippen molar-refractivity contribution >= 4 is 5.91 Å². The zero-order valence-electron chi connectivity index (χ0n) is 18.3. The summed E-state index contributed by atoms with van der Waals surface area (Å²) in [6.45, 7) is 1.81. The number of benzene rings is 2. The lowest BCUT2D eigenvalue weighted by atomic mass is 9.94. The average molecular weight is 439 g/mol. The fraction of sp³-hybridized carbons (Fsp3) is 0.304. The molecule has 9 nitrogen and oxygen atoms in total. The van der Waals surface area contributed by atoms with Crippen LogP contribution in [0.1, 0.15) is 33.2 Å². The molecule has 1 aliphatic rings. The van der Waals surface area contributed by atoms with Crippen molar-refractivity contribution in [3.8, 4) is 34.3 Å². The minimum Gasteiger partial charge on any atom is -0.507 e. The highest BCUT2D eigenvalue weighted by Gasteiger charge is 2.43. The zero-order valence-corrected chi connectivity index (χ0v) is 18.3. The van der Waals surface area contributed by atoms with Gasteiger partial charge in [-0.15, -0.1) is 0 Å². The van der Waals surface area contributed by atoms with Gasteiger partial charge in [-0.05, 0) is 36.8 Å². The third kappa shape index (κ3) is 3.31. The Morgan fingerprint density at radius 2 is 1.78 bits per heavy atom. The number of aromatic hydroxyl groups is 1. The number of aromatic nitrogens is 2. The molecule has 1 amide bonds. The number of nitrogens with zero attached hydrogens (tertiary/aromatic N) is 2. The third-order valence-electron chi connectivity index (χ3n) is 5.61. The Hall–Kier alpha value is -3.72. The minimum absolute atomic E-state index is 0.0570. The molecule has 168 valence electrons. The molecule has 0 saturated heterocycles. The highest BCUT2D eigenvalue weighted by molar-refractivity contribution is 6.00. The lowest BCUT2D eigenvalue weighted by Crippen LogP contribution is -2.32. The van der Waals surface area contributed by atoms with Crippen molar-refractivity contribution in [3.63, 3.8) is 0 Å². The van der Waals surface area contributed by atoms with E-state index >= 15 is 0 Å². The van der Waals surface area contributed by atoms with E-state index in [1.807, 2.05) is 13.0 Å². The van der Waals surface area contributed by atoms with Crippen molar-refractivity contribution in [2.75, 3.05) is 34.5 Å². The van der Waals surface area contributed by atoms with Gasteiger partial charge in [-0.2, -0.15) is 5.10 Å². The third-order valence-corrected chi connectivity index (χ3v) is 5.61. The smallest absolute Gasteiger partial charge is 0.273 e. The predicted octanol–water partition coefficient (Wildman–Crippen LogP) is 2.65. The van der Waals surface area contributed by atoms with Gasteiger partial charge < -0.3 is 29.3 Å². The fourth-order valence-electron chi connectivity index (χ4n) is 4.19. The molecular weight excluding hydrogens is 414 g/mol. The summed E-state index contributed by atoms with van der Waals surface area (Å²) in [6, 6.07) is 8.16. The maximum atomic E-state index is 13.2. The van der Waals surface area contributed by atoms with E-state index < -0.39 is 6.04 Å². The predicted molar refractivity (Wildman–Crippen MR) is 116 cm³/mol. The van der Waals surface area contributed by atoms with Crippen molar-refractivity contribution in [1.29, 1.82) is 0 Å². The number of phenolic OH excluding ortho intramolecular Hbond substituents is 1. The van der Waals surface area contributed by atoms with Gasteiger partial charge in [0.05, 0.1) is 34.0 Å². The Morgan fingerprint density at radius 1 is 1.09 bits per heavy atom. The second kappa shape index (κ2) is 8.43. The number of aliphatic hydroxyl groups excluding tert-OH is 1. The first-order chi connectivity index (χ1) is 15.4. The molecule has 9 heteroatoms. The number of nitrogens with one attached hydrogen (secondary N) is 1. The SMILES string of the molecule is COc1cc(C2c3c(-c4cc(C)ccc4O)n[nH]c3C(=O)N2CCO)cc(OC)c1OC. The van der Waals surface area contributed by atoms with Crippen molar-refractivity contribution < 1.29 is 29.2 Å². The second-order valence-corrected chi connectivity index (χ2v) is 7.46. The molecule has 1 atom stereocenters. The van der Waals surface area contributed by atoms with Gasteiger partial charge in [0.15, 0.2) is 11.5 Å². The number of methoxy groups -OCH3 is 3. The molecule has 3 N–H and O–H groups in total. The van der Waals surface area contributed by atoms with Crippen molar-refractivity contribution in [2.24, 2.45) is 0 Å². The minimum atomic E-state index is -0.591. The molecular formula is C23H25N3O6. The molecule has 2 heterocycles. The number of ether oxygens (including phenoxy) is 3. The van der Waals surface area contributed by atoms with Gasteiger partial charge in [0.1, 0.15) is 17.1 Å². The van der Waals surface area contributed by atoms with Crippen LogP contribution < -0.4 is 14.2 Å². The van der Waals surface area contributed by atoms with E-state index in [2.05, 4.69) is 10.2 Å². The molecule has 1 aromatic heterocycles. The van der Waals surface area contributed by atoms with Crippen LogP contribution in [-0.4, -0.2) is 65.7 Å². The molecule has 0 spiro atoms. The number of hydrogen-bond acceptors (Lipinski definition) is 7. The number of amides is 1. The number of rotatable bonds is 7. The van der Waals surface area contributed by atoms with Gasteiger partial charge in [0, 0.05) is 17.7 Å². The molecule has 1 unspecified atom stereocenters. The van der Waals surface area contributed by atoms with E-state index in [0.717, 1.165) is 5.56 Å². The summed E-state index contributed by atoms with van der Waals surface area (Å²) in [5.41, 5.74) is 3.53. The van der Waals surface area contributed by atoms with Gasteiger partial charge in [-0.3, -0.25) is 9.89 Å². The maximum Gasteiger partial charge on any atom is 0.273 e. The number of fused-ring (bicyclic) bond motifs is 1. The van der Waals surface area contributed by atoms with E-state index in [1.54, 1.807) is 29.2 Å². The van der Waals surface area contributed by atoms with E-state index in [-0.39, 0.29) is 24.8 Å². The van der Waals surface area contributed by atoms with Gasteiger partial charge in [-0.1, -0.05) is 11.6 Å². The van der Waals surface area contributed by atoms with Gasteiger partial charge in [0.2, 0.25) is 5.75 Å². The Kier molecular flexibility index (Phi) is 5.67. The van der Waals surface area contributed by atoms with Crippen LogP contribution in [0.25, 0.3) is 11.3 Å². The highest BCUT2D eigenvalue weighted by atomic mass is 16.5. The number of H-pyrrole nitrogens is 1. The van der Waals surface area contributed by atoms with Gasteiger partial charge in [0.25, 0.3) is 5.91 Å². The maximum absolute atomic E-state index is 13.2. The molecule has 0 saturated carbocycles. The first kappa shape index (κ1) is 21.5. The lowest BCUT2D eigenvalue weighted by Gasteiger charge is -2.27. The summed E-state index contributed by atoms with van der Waals surface area (Å²) in [4.78, 5) is 14.7. The van der Waals surface area contributed by atoms with E-state index in [0.29, 0.717) is 45.3 Å². The largest absolute Gasteiger partial charge is 0.507 e. The summed E-state index contributed by atoms with van der Waals surface area (Å²) in [6.07, 6.45) is 0. The molecule has 0 bridgehead atoms. The second-order valence-electron chi connectivity index (χ2n) is 7.46. The summed E-state index contributed by atoms with van der Waals surface area (Å²) in [5.74, 6) is 1.08. The first-order valence-electron chi connectivity index (χ1n) is 10.0. The monoisotopic (exact) mass is 439 g/mol. The quantitative estimate of drug-likeness (QED) is 0.518. The number of aliphatic hydroxyl groups is 1. The van der Waals surface area contributed by atoms with Crippen molar-refractivity contribution in [1.82, 2.24) is 15.1 Å². The average Bonchev–Trinajstić information content (AvgIpc) is 3.34. The molecule has 2 aromatic carbocycles. The Morgan fingerprint density at radius 3 is 2.38 bits per heavy atom. The topological polar surface area (TPSA) is 117 Å². The van der Waals surface area contributed by atoms with Crippen LogP contribution in [0.3, 0.4) is 0 Å². The van der Waals surface area contributed by atoms with Gasteiger partial charge in [-0.25, -0.2) is 0 Å². The Labute approximate surface area is 185 Å². The molecule has 1 aliphatic heterocycles. The van der Waals surface area contributed by atoms with Crippen molar-refractivity contribution in [2.45, 2.75) is 13.0 Å². The molecule has 4 rings (SSSR count). The van der Waals surface area contributed by atoms with Crippen LogP contribution in [0.15, 0.2) is 30.3 Å². The van der Waals surface area contributed by atoms with E-state index in [9.17, 15) is 15.0 Å². The number of hydrogen-bond donors (Lipinski definition) is 3. The van der Waals surface area contributed by atoms with Crippen LogP contribution >= 0.6 is 0 Å². The van der Waals surface area contributed by atoms with Crippen LogP contribution in [0.4, 0.5) is 0 Å². The first-order valence-corrected chi connectivity index (χ1v) is 10.0. The van der Waals surface area contributed by atoms with E-state index in [1.165, 1.54) is 21.3 Å². The number of phenols is 1. The normalized spacial score (nSPS) is 15.1. The number of β-amino-alcohol motifs (C(OH)–C–C–N with tert-alkyl or cyclic N) is 1. The lowest BCUT2D eigenvalue weighted by molar-refractivity contribution is 0.0706. The summed E-state index contributed by atoms with van der Waals surface area (Å²) >= 11 is 0. The van der Waals surface area contributed by atoms with Crippen molar-refractivity contribution in [3.05, 3.63) is 52.7 Å². The summed E-state index contributed by atoms with van der Waals surface area (Å²) in [7, 11) is 4.56. The van der Waals surface area contributed by atoms with Gasteiger partial charge >= 0.3 is 0 Å². The Balaban J connectivity index is 1.96. The number of aromatic amines is 1. The van der Waals surface area contributed by atoms with Crippen LogP contribution in [-0.2, 0) is 0 Å². The highest BCUT2D eigenvalue weighted by Crippen LogP contribution is 2.48. The zero-order chi connectivity index (χ0) is 23.0. The number of aryl methyl sites for hydroxylation is 1. The number of carbonyl (C=O) groups excluding carboxylic acids is 1. The number of carbonyl (C=O) groups is 1. The fourth-order valence-corrected chi connectivity index (χ4v) is 4.19. The summed E-state index contributed by atoms with van der Waals surface area (Å²) in [5, 5.41) is 27.4. The molecule has 0 fully saturated rings. The molecule has 32 heavy (non-hydrogen) atoms. The Bertz CT molecular complexity index is 1150. The van der Waals surface area contributed by atoms with Crippen LogP contribution in [0.2, 0.25) is 0 Å². The molecule has 3 aromatic rings.